The maximum absolute atomic E-state index is 11.8. The first-order valence-corrected chi connectivity index (χ1v) is 7.11. The van der Waals surface area contributed by atoms with Gasteiger partial charge in [0.1, 0.15) is 11.5 Å². The second-order valence-corrected chi connectivity index (χ2v) is 5.15. The van der Waals surface area contributed by atoms with Gasteiger partial charge in [0.05, 0.1) is 5.56 Å². The van der Waals surface area contributed by atoms with Crippen molar-refractivity contribution in [2.24, 2.45) is 0 Å². The second-order valence-electron chi connectivity index (χ2n) is 4.72. The molecule has 0 radical (unpaired) electrons. The summed E-state index contributed by atoms with van der Waals surface area (Å²) >= 11 is 5.83. The number of aromatic hydroxyl groups is 1. The first-order chi connectivity index (χ1) is 11.0. The van der Waals surface area contributed by atoms with E-state index in [0.29, 0.717) is 10.8 Å². The highest BCUT2D eigenvalue weighted by Crippen LogP contribution is 2.21. The predicted molar refractivity (Wildman–Crippen MR) is 85.4 cm³/mol. The topological polar surface area (TPSA) is 87.7 Å². The van der Waals surface area contributed by atoms with Gasteiger partial charge in [-0.25, -0.2) is 0 Å². The highest BCUT2D eigenvalue weighted by molar-refractivity contribution is 6.30. The highest BCUT2D eigenvalue weighted by Gasteiger charge is 2.11. The summed E-state index contributed by atoms with van der Waals surface area (Å²) in [6.07, 6.45) is 0. The van der Waals surface area contributed by atoms with Crippen LogP contribution in [-0.2, 0) is 4.79 Å². The van der Waals surface area contributed by atoms with Crippen LogP contribution >= 0.6 is 11.6 Å². The Bertz CT molecular complexity index is 734. The number of phenols is 1. The molecule has 0 aliphatic rings. The Hall–Kier alpha value is -2.73. The minimum atomic E-state index is -0.626. The number of hydrogen-bond acceptors (Lipinski definition) is 4. The van der Waals surface area contributed by atoms with Crippen LogP contribution in [0.25, 0.3) is 0 Å². The summed E-state index contributed by atoms with van der Waals surface area (Å²) < 4.78 is 5.34. The van der Waals surface area contributed by atoms with Gasteiger partial charge >= 0.3 is 0 Å². The van der Waals surface area contributed by atoms with E-state index in [1.165, 1.54) is 12.1 Å². The molecule has 3 N–H and O–H groups in total. The van der Waals surface area contributed by atoms with Crippen LogP contribution in [0.15, 0.2) is 42.5 Å². The maximum Gasteiger partial charge on any atom is 0.276 e. The summed E-state index contributed by atoms with van der Waals surface area (Å²) in [5.41, 5.74) is 5.26. The molecule has 0 aromatic heterocycles. The number of hydrogen-bond donors (Lipinski definition) is 3. The van der Waals surface area contributed by atoms with Gasteiger partial charge in [0, 0.05) is 5.02 Å². The highest BCUT2D eigenvalue weighted by atomic mass is 35.5. The largest absolute Gasteiger partial charge is 0.507 e. The van der Waals surface area contributed by atoms with Gasteiger partial charge < -0.3 is 9.84 Å². The Balaban J connectivity index is 1.83. The van der Waals surface area contributed by atoms with Crippen LogP contribution in [0.5, 0.6) is 11.5 Å². The molecule has 120 valence electrons. The van der Waals surface area contributed by atoms with Gasteiger partial charge in [0.15, 0.2) is 6.61 Å². The number of para-hydroxylation sites is 1. The number of rotatable bonds is 4. The molecule has 6 nitrogen and oxygen atoms in total. The molecule has 0 bridgehead atoms. The molecule has 0 heterocycles. The van der Waals surface area contributed by atoms with E-state index in [-0.39, 0.29) is 17.9 Å². The van der Waals surface area contributed by atoms with Crippen LogP contribution in [0.4, 0.5) is 0 Å². The molecular weight excluding hydrogens is 320 g/mol. The zero-order chi connectivity index (χ0) is 16.8. The van der Waals surface area contributed by atoms with E-state index in [9.17, 15) is 14.7 Å². The quantitative estimate of drug-likeness (QED) is 0.748. The smallest absolute Gasteiger partial charge is 0.276 e. The van der Waals surface area contributed by atoms with Gasteiger partial charge in [-0.3, -0.25) is 20.4 Å². The van der Waals surface area contributed by atoms with Crippen LogP contribution in [0.3, 0.4) is 0 Å². The molecule has 2 aromatic rings. The molecule has 23 heavy (non-hydrogen) atoms. The third-order valence-electron chi connectivity index (χ3n) is 2.96. The lowest BCUT2D eigenvalue weighted by Crippen LogP contribution is -2.43. The molecule has 0 unspecified atom stereocenters. The van der Waals surface area contributed by atoms with Crippen molar-refractivity contribution >= 4 is 23.4 Å². The fourth-order valence-corrected chi connectivity index (χ4v) is 2.04. The molecule has 0 spiro atoms. The number of aryl methyl sites for hydroxylation is 1. The maximum atomic E-state index is 11.8. The average molecular weight is 335 g/mol. The summed E-state index contributed by atoms with van der Waals surface area (Å²) in [6.45, 7) is 1.53. The van der Waals surface area contributed by atoms with Crippen molar-refractivity contribution in [3.05, 3.63) is 58.6 Å². The lowest BCUT2D eigenvalue weighted by Gasteiger charge is -2.11. The number of carbonyl (C=O) groups is 2. The van der Waals surface area contributed by atoms with Gasteiger partial charge in [-0.1, -0.05) is 23.7 Å². The Kier molecular flexibility index (Phi) is 5.43. The van der Waals surface area contributed by atoms with E-state index in [2.05, 4.69) is 10.9 Å². The number of ether oxygens (including phenoxy) is 1. The van der Waals surface area contributed by atoms with Crippen molar-refractivity contribution in [1.29, 1.82) is 0 Å². The summed E-state index contributed by atoms with van der Waals surface area (Å²) in [4.78, 5) is 23.5. The SMILES string of the molecule is Cc1cc(Cl)ccc1OCC(=O)NNC(=O)c1ccccc1O. The summed E-state index contributed by atoms with van der Waals surface area (Å²) in [5.74, 6) is -0.814. The Morgan fingerprint density at radius 3 is 2.61 bits per heavy atom. The molecule has 0 aliphatic carbocycles. The lowest BCUT2D eigenvalue weighted by atomic mass is 10.2. The molecule has 0 saturated carbocycles. The third kappa shape index (κ3) is 4.62. The normalized spacial score (nSPS) is 10.0. The van der Waals surface area contributed by atoms with E-state index >= 15 is 0 Å². The molecule has 7 heteroatoms. The molecule has 2 aromatic carbocycles. The van der Waals surface area contributed by atoms with Crippen molar-refractivity contribution in [2.45, 2.75) is 6.92 Å². The fourth-order valence-electron chi connectivity index (χ4n) is 1.81. The second kappa shape index (κ2) is 7.51. The number of carbonyl (C=O) groups excluding carboxylic acids is 2. The van der Waals surface area contributed by atoms with Gasteiger partial charge in [-0.2, -0.15) is 0 Å². The molecule has 2 rings (SSSR count). The van der Waals surface area contributed by atoms with Crippen LogP contribution in [0.2, 0.25) is 5.02 Å². The number of hydrazine groups is 1. The Labute approximate surface area is 138 Å². The van der Waals surface area contributed by atoms with Crippen LogP contribution < -0.4 is 15.6 Å². The van der Waals surface area contributed by atoms with Gasteiger partial charge in [-0.05, 0) is 42.8 Å². The zero-order valence-corrected chi connectivity index (χ0v) is 13.1. The van der Waals surface area contributed by atoms with Gasteiger partial charge in [-0.15, -0.1) is 0 Å². The van der Waals surface area contributed by atoms with E-state index < -0.39 is 11.8 Å². The van der Waals surface area contributed by atoms with Crippen molar-refractivity contribution < 1.29 is 19.4 Å². The summed E-state index contributed by atoms with van der Waals surface area (Å²) in [5, 5.41) is 10.1. The van der Waals surface area contributed by atoms with Crippen molar-refractivity contribution in [1.82, 2.24) is 10.9 Å². The number of nitrogens with one attached hydrogen (secondary N) is 2. The van der Waals surface area contributed by atoms with Crippen molar-refractivity contribution in [3.8, 4) is 11.5 Å². The van der Waals surface area contributed by atoms with Crippen LogP contribution in [0, 0.1) is 6.92 Å². The van der Waals surface area contributed by atoms with Crippen molar-refractivity contribution in [2.75, 3.05) is 6.61 Å². The fraction of sp³-hybridized carbons (Fsp3) is 0.125. The average Bonchev–Trinajstić information content (AvgIpc) is 2.52. The van der Waals surface area contributed by atoms with Gasteiger partial charge in [0.25, 0.3) is 11.8 Å². The summed E-state index contributed by atoms with van der Waals surface area (Å²) in [6, 6.07) is 11.0. The molecule has 2 amide bonds. The lowest BCUT2D eigenvalue weighted by molar-refractivity contribution is -0.123. The number of benzene rings is 2. The Morgan fingerprint density at radius 1 is 1.17 bits per heavy atom. The number of amides is 2. The monoisotopic (exact) mass is 334 g/mol. The predicted octanol–water partition coefficient (Wildman–Crippen LogP) is 2.19. The minimum Gasteiger partial charge on any atom is -0.507 e. The molecular formula is C16H15ClN2O4. The molecule has 0 aliphatic heterocycles. The molecule has 0 atom stereocenters. The van der Waals surface area contributed by atoms with Gasteiger partial charge in [0.2, 0.25) is 0 Å². The van der Waals surface area contributed by atoms with Crippen molar-refractivity contribution in [3.63, 3.8) is 0 Å². The number of halogens is 1. The standard InChI is InChI=1S/C16H15ClN2O4/c1-10-8-11(17)6-7-14(10)23-9-15(21)18-19-16(22)12-4-2-3-5-13(12)20/h2-8,20H,9H2,1H3,(H,18,21)(H,19,22). The van der Waals surface area contributed by atoms with E-state index in [4.69, 9.17) is 16.3 Å². The number of phenolic OH excluding ortho intramolecular Hbond substituents is 1. The molecule has 0 fully saturated rings. The minimum absolute atomic E-state index is 0.0577. The van der Waals surface area contributed by atoms with Crippen LogP contribution in [0.1, 0.15) is 15.9 Å². The molecule has 0 saturated heterocycles. The van der Waals surface area contributed by atoms with E-state index in [1.807, 2.05) is 0 Å². The Morgan fingerprint density at radius 2 is 1.91 bits per heavy atom. The first-order valence-electron chi connectivity index (χ1n) is 6.73. The summed E-state index contributed by atoms with van der Waals surface area (Å²) in [7, 11) is 0. The zero-order valence-electron chi connectivity index (χ0n) is 12.3. The van der Waals surface area contributed by atoms with E-state index in [0.717, 1.165) is 5.56 Å². The third-order valence-corrected chi connectivity index (χ3v) is 3.19. The first kappa shape index (κ1) is 16.6. The van der Waals surface area contributed by atoms with E-state index in [1.54, 1.807) is 37.3 Å². The van der Waals surface area contributed by atoms with Crippen LogP contribution in [-0.4, -0.2) is 23.5 Å².